The summed E-state index contributed by atoms with van der Waals surface area (Å²) in [5.74, 6) is -0.588. The molecule has 3 heterocycles. The molecule has 0 N–H and O–H groups in total. The van der Waals surface area contributed by atoms with E-state index < -0.39 is 60.4 Å². The van der Waals surface area contributed by atoms with Crippen LogP contribution in [-0.2, 0) is 5.41 Å². The zero-order valence-corrected chi connectivity index (χ0v) is 29.3. The molecule has 0 saturated carbocycles. The van der Waals surface area contributed by atoms with Crippen molar-refractivity contribution >= 4 is 53.3 Å². The van der Waals surface area contributed by atoms with Crippen LogP contribution in [0.2, 0.25) is 0 Å². The minimum absolute atomic E-state index is 0.0208. The maximum atomic E-state index is 8.72. The predicted molar refractivity (Wildman–Crippen MR) is 221 cm³/mol. The smallest absolute Gasteiger partial charge is 0.164 e. The average molecular weight is 707 g/mol. The molecule has 250 valence electrons. The maximum absolute atomic E-state index is 8.72. The van der Waals surface area contributed by atoms with Crippen LogP contribution in [-0.4, -0.2) is 19.5 Å². The quantitative estimate of drug-likeness (QED) is 0.183. The van der Waals surface area contributed by atoms with E-state index in [0.717, 1.165) is 47.7 Å². The first-order valence-electron chi connectivity index (χ1n) is 22.2. The number of fused-ring (bicyclic) bond motifs is 10. The van der Waals surface area contributed by atoms with E-state index in [9.17, 15) is 0 Å². The van der Waals surface area contributed by atoms with E-state index in [1.54, 1.807) is 11.3 Å². The summed E-state index contributed by atoms with van der Waals surface area (Å²) in [5, 5.41) is 4.33. The van der Waals surface area contributed by atoms with Gasteiger partial charge in [0.2, 0.25) is 0 Å². The van der Waals surface area contributed by atoms with E-state index in [4.69, 9.17) is 13.7 Å². The van der Waals surface area contributed by atoms with E-state index in [1.165, 1.54) is 22.3 Å². The Labute approximate surface area is 324 Å². The van der Waals surface area contributed by atoms with Gasteiger partial charge in [-0.3, -0.25) is 0 Å². The molecule has 11 rings (SSSR count). The summed E-state index contributed by atoms with van der Waals surface area (Å²) in [7, 11) is 0. The van der Waals surface area contributed by atoms with Gasteiger partial charge in [-0.25, -0.2) is 15.0 Å². The van der Waals surface area contributed by atoms with Crippen LogP contribution in [0.1, 0.15) is 38.7 Å². The Morgan fingerprint density at radius 2 is 1.23 bits per heavy atom. The SMILES string of the molecule is [2H]c1c([2H])c([2H])c(-c2nc(-c3ccc4c(c3)sc3cccc(-n5c6ccccc6c6ccc7c(c65)-c5ccccc5C7(C)C)c34)nc(-c3c([2H])c([2H])c([2H])c([2H])c3[2H])n2)c([2H])c1[2H]. The van der Waals surface area contributed by atoms with Crippen LogP contribution in [0.4, 0.5) is 0 Å². The van der Waals surface area contributed by atoms with E-state index in [-0.39, 0.29) is 34.0 Å². The molecule has 0 amide bonds. The minimum Gasteiger partial charge on any atom is -0.308 e. The first-order valence-corrected chi connectivity index (χ1v) is 18.0. The van der Waals surface area contributed by atoms with E-state index in [2.05, 4.69) is 112 Å². The van der Waals surface area contributed by atoms with E-state index in [0.29, 0.717) is 5.56 Å². The van der Waals surface area contributed by atoms with Gasteiger partial charge in [0.05, 0.1) is 30.4 Å². The summed E-state index contributed by atoms with van der Waals surface area (Å²) in [5.41, 5.74) is 7.91. The summed E-state index contributed by atoms with van der Waals surface area (Å²) < 4.78 is 88.9. The fourth-order valence-corrected chi connectivity index (χ4v) is 9.24. The second-order valence-corrected chi connectivity index (χ2v) is 14.8. The Morgan fingerprint density at radius 1 is 0.566 bits per heavy atom. The van der Waals surface area contributed by atoms with Crippen molar-refractivity contribution in [3.8, 4) is 51.0 Å². The molecule has 0 atom stereocenters. The van der Waals surface area contributed by atoms with Gasteiger partial charge in [-0.05, 0) is 41.0 Å². The van der Waals surface area contributed by atoms with Crippen molar-refractivity contribution in [3.05, 3.63) is 169 Å². The van der Waals surface area contributed by atoms with Gasteiger partial charge >= 0.3 is 0 Å². The first kappa shape index (κ1) is 21.8. The zero-order valence-electron chi connectivity index (χ0n) is 38.4. The normalized spacial score (nSPS) is 15.9. The van der Waals surface area contributed by atoms with Gasteiger partial charge in [-0.2, -0.15) is 0 Å². The summed E-state index contributed by atoms with van der Waals surface area (Å²) in [4.78, 5) is 13.8. The third-order valence-electron chi connectivity index (χ3n) is 10.4. The van der Waals surface area contributed by atoms with Crippen molar-refractivity contribution in [2.24, 2.45) is 0 Å². The van der Waals surface area contributed by atoms with Crippen LogP contribution >= 0.6 is 11.3 Å². The van der Waals surface area contributed by atoms with Gasteiger partial charge in [0.1, 0.15) is 0 Å². The molecule has 0 fully saturated rings. The number of nitrogens with zero attached hydrogens (tertiary/aromatic N) is 4. The lowest BCUT2D eigenvalue weighted by atomic mass is 9.82. The molecule has 3 aromatic heterocycles. The molecule has 1 aliphatic rings. The molecule has 0 aliphatic heterocycles. The first-order chi connectivity index (χ1) is 30.2. The molecule has 4 nitrogen and oxygen atoms in total. The Balaban J connectivity index is 1.17. The van der Waals surface area contributed by atoms with Crippen LogP contribution in [0.5, 0.6) is 0 Å². The Bertz CT molecular complexity index is 3540. The van der Waals surface area contributed by atoms with Crippen LogP contribution in [0.3, 0.4) is 0 Å². The molecular formula is C48H32N4S. The monoisotopic (exact) mass is 706 g/mol. The van der Waals surface area contributed by atoms with Crippen molar-refractivity contribution in [1.82, 2.24) is 19.5 Å². The number of para-hydroxylation sites is 1. The van der Waals surface area contributed by atoms with Crippen LogP contribution < -0.4 is 0 Å². The van der Waals surface area contributed by atoms with Crippen molar-refractivity contribution < 1.29 is 13.7 Å². The third kappa shape index (κ3) is 4.44. The molecule has 0 bridgehead atoms. The van der Waals surface area contributed by atoms with Crippen molar-refractivity contribution in [2.45, 2.75) is 19.3 Å². The number of hydrogen-bond acceptors (Lipinski definition) is 4. The molecule has 53 heavy (non-hydrogen) atoms. The van der Waals surface area contributed by atoms with E-state index in [1.807, 2.05) is 18.2 Å². The molecular weight excluding hydrogens is 665 g/mol. The molecule has 0 saturated heterocycles. The number of thiophene rings is 1. The lowest BCUT2D eigenvalue weighted by Gasteiger charge is -2.21. The Kier molecular flexibility index (Phi) is 4.65. The van der Waals surface area contributed by atoms with Crippen molar-refractivity contribution in [2.75, 3.05) is 0 Å². The summed E-state index contributed by atoms with van der Waals surface area (Å²) in [6, 6.07) is 27.9. The van der Waals surface area contributed by atoms with E-state index >= 15 is 0 Å². The zero-order chi connectivity index (χ0) is 44.0. The topological polar surface area (TPSA) is 43.6 Å². The van der Waals surface area contributed by atoms with Gasteiger partial charge in [-0.15, -0.1) is 11.3 Å². The average Bonchev–Trinajstić information content (AvgIpc) is 3.91. The Hall–Kier alpha value is -6.43. The largest absolute Gasteiger partial charge is 0.308 e. The molecule has 5 heteroatoms. The Morgan fingerprint density at radius 3 is 1.98 bits per heavy atom. The molecule has 0 radical (unpaired) electrons. The highest BCUT2D eigenvalue weighted by molar-refractivity contribution is 7.26. The second-order valence-electron chi connectivity index (χ2n) is 13.7. The number of hydrogen-bond donors (Lipinski definition) is 0. The predicted octanol–water partition coefficient (Wildman–Crippen LogP) is 12.6. The fraction of sp³-hybridized carbons (Fsp3) is 0.0625. The van der Waals surface area contributed by atoms with Crippen LogP contribution in [0, 0.1) is 0 Å². The lowest BCUT2D eigenvalue weighted by molar-refractivity contribution is 0.661. The molecule has 7 aromatic carbocycles. The summed E-state index contributed by atoms with van der Waals surface area (Å²) in [6.45, 7) is 4.57. The maximum Gasteiger partial charge on any atom is 0.164 e. The van der Waals surface area contributed by atoms with Gasteiger partial charge in [0.25, 0.3) is 0 Å². The van der Waals surface area contributed by atoms with Crippen molar-refractivity contribution in [1.29, 1.82) is 0 Å². The summed E-state index contributed by atoms with van der Waals surface area (Å²) >= 11 is 1.58. The third-order valence-corrected chi connectivity index (χ3v) is 11.6. The molecule has 10 aromatic rings. The van der Waals surface area contributed by atoms with Crippen LogP contribution in [0.25, 0.3) is 93.0 Å². The van der Waals surface area contributed by atoms with Gasteiger partial charge < -0.3 is 4.57 Å². The molecule has 0 unspecified atom stereocenters. The fourth-order valence-electron chi connectivity index (χ4n) is 8.08. The lowest BCUT2D eigenvalue weighted by Crippen LogP contribution is -2.14. The van der Waals surface area contributed by atoms with Gasteiger partial charge in [0, 0.05) is 58.6 Å². The molecule has 0 spiro atoms. The van der Waals surface area contributed by atoms with Crippen molar-refractivity contribution in [3.63, 3.8) is 0 Å². The summed E-state index contributed by atoms with van der Waals surface area (Å²) in [6.07, 6.45) is 0. The highest BCUT2D eigenvalue weighted by Gasteiger charge is 2.37. The van der Waals surface area contributed by atoms with Gasteiger partial charge in [-0.1, -0.05) is 147 Å². The molecule has 1 aliphatic carbocycles. The number of benzene rings is 7. The number of aromatic nitrogens is 4. The number of rotatable bonds is 4. The van der Waals surface area contributed by atoms with Gasteiger partial charge in [0.15, 0.2) is 17.5 Å². The standard InChI is InChI=1S/C48H32N4S/c1-48(2)36-20-11-9-19-34(36)42-37(48)27-26-33-32-18-10-12-21-38(32)52(44(33)42)39-22-13-23-40-43(39)35-25-24-31(28-41(35)53-40)47-50-45(29-14-5-3-6-15-29)49-46(51-47)30-16-7-4-8-17-30/h3-28H,1-2H3/i3D,4D,5D,6D,7D,8D,14D,15D,16D,17D. The second kappa shape index (κ2) is 11.3. The van der Waals surface area contributed by atoms with Crippen LogP contribution in [0.15, 0.2) is 157 Å². The highest BCUT2D eigenvalue weighted by Crippen LogP contribution is 2.53. The highest BCUT2D eigenvalue weighted by atomic mass is 32.1. The minimum atomic E-state index is -0.596.